The molecular formula is C29H32F2N6O3S. The fraction of sp³-hybridized carbons (Fsp3) is 0.448. The number of aliphatic hydroxyl groups excluding tert-OH is 2. The average Bonchev–Trinajstić information content (AvgIpc) is 3.64. The van der Waals surface area contributed by atoms with Crippen LogP contribution >= 0.6 is 11.3 Å². The molecule has 9 nitrogen and oxygen atoms in total. The van der Waals surface area contributed by atoms with Gasteiger partial charge >= 0.3 is 0 Å². The number of halogens is 2. The van der Waals surface area contributed by atoms with Crippen molar-refractivity contribution in [1.82, 2.24) is 19.9 Å². The molecule has 216 valence electrons. The molecule has 2 fully saturated rings. The lowest BCUT2D eigenvalue weighted by atomic mass is 9.83. The van der Waals surface area contributed by atoms with E-state index in [-0.39, 0.29) is 18.1 Å². The lowest BCUT2D eigenvalue weighted by Crippen LogP contribution is -2.42. The van der Waals surface area contributed by atoms with Gasteiger partial charge in [-0.2, -0.15) is 4.98 Å². The number of aromatic nitrogens is 4. The quantitative estimate of drug-likeness (QED) is 0.214. The molecule has 0 spiro atoms. The van der Waals surface area contributed by atoms with E-state index in [2.05, 4.69) is 25.6 Å². The summed E-state index contributed by atoms with van der Waals surface area (Å²) in [6, 6.07) is 4.96. The van der Waals surface area contributed by atoms with E-state index in [1.54, 1.807) is 13.1 Å². The molecule has 12 heteroatoms. The van der Waals surface area contributed by atoms with E-state index in [1.165, 1.54) is 29.5 Å². The van der Waals surface area contributed by atoms with Crippen LogP contribution in [0.4, 0.5) is 20.5 Å². The number of benzene rings is 1. The van der Waals surface area contributed by atoms with Crippen LogP contribution in [0.1, 0.15) is 49.1 Å². The van der Waals surface area contributed by atoms with Crippen LogP contribution in [0.3, 0.4) is 0 Å². The van der Waals surface area contributed by atoms with Gasteiger partial charge in [-0.1, -0.05) is 18.9 Å². The van der Waals surface area contributed by atoms with Gasteiger partial charge < -0.3 is 26.0 Å². The van der Waals surface area contributed by atoms with E-state index in [4.69, 9.17) is 4.98 Å². The first-order valence-electron chi connectivity index (χ1n) is 13.8. The van der Waals surface area contributed by atoms with Gasteiger partial charge in [-0.25, -0.2) is 18.7 Å². The van der Waals surface area contributed by atoms with Crippen molar-refractivity contribution in [3.8, 4) is 10.6 Å². The number of fused-ring (bicyclic) bond motifs is 1. The standard InChI is InChI=1S/C29H32F2N6O3S/c1-14-22(27-36-23-15(2)32-11-8-21(23)41-27)26(37-28(34-14)33-13-16-18(30)6-5-7-19(16)31)35-20-12-17(24(38)25(20)39)29(40)9-3-4-10-29/h5-8,11,17,20,24-25,38-40H,3-4,9-10,12-13H2,1-2H3,(H2,33,34,35,37)/t17-,20+,24+,25-/m0/s1. The van der Waals surface area contributed by atoms with Crippen molar-refractivity contribution in [3.63, 3.8) is 0 Å². The molecule has 0 bridgehead atoms. The van der Waals surface area contributed by atoms with Gasteiger partial charge in [0.25, 0.3) is 0 Å². The van der Waals surface area contributed by atoms with Crippen LogP contribution in [0.25, 0.3) is 20.8 Å². The van der Waals surface area contributed by atoms with Gasteiger partial charge in [-0.3, -0.25) is 4.98 Å². The Labute approximate surface area is 239 Å². The average molecular weight is 583 g/mol. The van der Waals surface area contributed by atoms with Crippen LogP contribution in [-0.2, 0) is 6.54 Å². The van der Waals surface area contributed by atoms with Crippen LogP contribution in [0.15, 0.2) is 30.5 Å². The monoisotopic (exact) mass is 582 g/mol. The van der Waals surface area contributed by atoms with Crippen molar-refractivity contribution in [3.05, 3.63) is 59.0 Å². The highest BCUT2D eigenvalue weighted by Gasteiger charge is 2.52. The summed E-state index contributed by atoms with van der Waals surface area (Å²) < 4.78 is 29.5. The number of thiazole rings is 1. The number of hydrogen-bond donors (Lipinski definition) is 5. The third-order valence-corrected chi connectivity index (χ3v) is 9.48. The largest absolute Gasteiger partial charge is 0.390 e. The zero-order chi connectivity index (χ0) is 28.9. The van der Waals surface area contributed by atoms with Crippen LogP contribution in [0.5, 0.6) is 0 Å². The fourth-order valence-corrected chi connectivity index (χ4v) is 7.32. The molecule has 2 aliphatic carbocycles. The first-order chi connectivity index (χ1) is 19.6. The van der Waals surface area contributed by atoms with Crippen molar-refractivity contribution in [2.45, 2.75) is 76.3 Å². The summed E-state index contributed by atoms with van der Waals surface area (Å²) in [5.41, 5.74) is 1.55. The molecule has 3 aromatic heterocycles. The molecule has 5 N–H and O–H groups in total. The van der Waals surface area contributed by atoms with E-state index >= 15 is 0 Å². The van der Waals surface area contributed by atoms with Gasteiger partial charge in [-0.15, -0.1) is 11.3 Å². The third-order valence-electron chi connectivity index (χ3n) is 8.44. The predicted octanol–water partition coefficient (Wildman–Crippen LogP) is 4.48. The summed E-state index contributed by atoms with van der Waals surface area (Å²) in [5, 5.41) is 40.0. The molecule has 6 rings (SSSR count). The number of rotatable bonds is 7. The number of pyridine rings is 1. The lowest BCUT2D eigenvalue weighted by molar-refractivity contribution is -0.0763. The minimum absolute atomic E-state index is 0.134. The Morgan fingerprint density at radius 1 is 1.00 bits per heavy atom. The van der Waals surface area contributed by atoms with Crippen molar-refractivity contribution in [2.24, 2.45) is 5.92 Å². The van der Waals surface area contributed by atoms with Gasteiger partial charge in [-0.05, 0) is 51.3 Å². The Balaban J connectivity index is 1.37. The predicted molar refractivity (Wildman–Crippen MR) is 153 cm³/mol. The smallest absolute Gasteiger partial charge is 0.225 e. The zero-order valence-corrected chi connectivity index (χ0v) is 23.5. The molecule has 0 unspecified atom stereocenters. The number of nitrogens with one attached hydrogen (secondary N) is 2. The SMILES string of the molecule is Cc1nc(NCc2c(F)cccc2F)nc(N[C@@H]2C[C@H](C3(O)CCCC3)[C@@H](O)[C@H]2O)c1-c1nc2c(C)nccc2s1. The molecule has 3 heterocycles. The van der Waals surface area contributed by atoms with Crippen LogP contribution < -0.4 is 10.6 Å². The molecule has 0 radical (unpaired) electrons. The molecule has 41 heavy (non-hydrogen) atoms. The number of aliphatic hydroxyl groups is 3. The molecule has 0 saturated heterocycles. The summed E-state index contributed by atoms with van der Waals surface area (Å²) in [4.78, 5) is 18.4. The Kier molecular flexibility index (Phi) is 7.35. The Bertz CT molecular complexity index is 1570. The van der Waals surface area contributed by atoms with E-state index < -0.39 is 41.4 Å². The maximum absolute atomic E-state index is 14.3. The van der Waals surface area contributed by atoms with E-state index in [0.29, 0.717) is 41.3 Å². The molecule has 2 aliphatic rings. The first kappa shape index (κ1) is 27.8. The summed E-state index contributed by atoms with van der Waals surface area (Å²) in [5.74, 6) is -1.35. The molecule has 1 aromatic carbocycles. The minimum atomic E-state index is -1.14. The van der Waals surface area contributed by atoms with Crippen LogP contribution in [0, 0.1) is 31.4 Å². The summed E-state index contributed by atoms with van der Waals surface area (Å²) in [6.45, 7) is 3.49. The van der Waals surface area contributed by atoms with Crippen molar-refractivity contribution >= 4 is 33.3 Å². The lowest BCUT2D eigenvalue weighted by Gasteiger charge is -2.32. The third kappa shape index (κ3) is 5.14. The topological polar surface area (TPSA) is 136 Å². The van der Waals surface area contributed by atoms with Gasteiger partial charge in [0.2, 0.25) is 5.95 Å². The molecule has 0 aliphatic heterocycles. The van der Waals surface area contributed by atoms with Crippen molar-refractivity contribution < 1.29 is 24.1 Å². The van der Waals surface area contributed by atoms with Crippen LogP contribution in [-0.4, -0.2) is 59.1 Å². The van der Waals surface area contributed by atoms with Crippen molar-refractivity contribution in [2.75, 3.05) is 10.6 Å². The highest BCUT2D eigenvalue weighted by atomic mass is 32.1. The van der Waals surface area contributed by atoms with E-state index in [9.17, 15) is 24.1 Å². The van der Waals surface area contributed by atoms with Gasteiger partial charge in [0.15, 0.2) is 0 Å². The second-order valence-corrected chi connectivity index (χ2v) is 12.1. The summed E-state index contributed by atoms with van der Waals surface area (Å²) in [7, 11) is 0. The molecule has 4 atom stereocenters. The number of anilines is 2. The fourth-order valence-electron chi connectivity index (χ4n) is 6.21. The highest BCUT2D eigenvalue weighted by Crippen LogP contribution is 2.45. The summed E-state index contributed by atoms with van der Waals surface area (Å²) >= 11 is 1.45. The summed E-state index contributed by atoms with van der Waals surface area (Å²) in [6.07, 6.45) is 2.77. The number of hydrogen-bond acceptors (Lipinski definition) is 10. The van der Waals surface area contributed by atoms with Gasteiger partial charge in [0.05, 0.1) is 39.4 Å². The number of aryl methyl sites for hydroxylation is 2. The van der Waals surface area contributed by atoms with E-state index in [1.807, 2.05) is 13.0 Å². The Morgan fingerprint density at radius 3 is 2.44 bits per heavy atom. The molecular weight excluding hydrogens is 550 g/mol. The molecule has 4 aromatic rings. The zero-order valence-electron chi connectivity index (χ0n) is 22.7. The van der Waals surface area contributed by atoms with Gasteiger partial charge in [0, 0.05) is 24.2 Å². The maximum atomic E-state index is 14.3. The normalized spacial score (nSPS) is 23.8. The second-order valence-electron chi connectivity index (χ2n) is 11.1. The highest BCUT2D eigenvalue weighted by molar-refractivity contribution is 7.21. The van der Waals surface area contributed by atoms with Crippen LogP contribution in [0.2, 0.25) is 0 Å². The molecule has 2 saturated carbocycles. The molecule has 0 amide bonds. The first-order valence-corrected chi connectivity index (χ1v) is 14.6. The van der Waals surface area contributed by atoms with Gasteiger partial charge in [0.1, 0.15) is 34.1 Å². The maximum Gasteiger partial charge on any atom is 0.225 e. The second kappa shape index (κ2) is 10.8. The number of nitrogens with zero attached hydrogens (tertiary/aromatic N) is 4. The Morgan fingerprint density at radius 2 is 1.73 bits per heavy atom. The van der Waals surface area contributed by atoms with Crippen molar-refractivity contribution in [1.29, 1.82) is 0 Å². The van der Waals surface area contributed by atoms with E-state index in [0.717, 1.165) is 28.8 Å². The minimum Gasteiger partial charge on any atom is -0.390 e. The Hall–Kier alpha value is -3.32.